The second-order valence-electron chi connectivity index (χ2n) is 4.87. The summed E-state index contributed by atoms with van der Waals surface area (Å²) in [5, 5.41) is 3.29. The number of alkyl halides is 3. The fourth-order valence-electron chi connectivity index (χ4n) is 1.91. The summed E-state index contributed by atoms with van der Waals surface area (Å²) < 4.78 is 83.4. The molecule has 0 bridgehead atoms. The Morgan fingerprint density at radius 2 is 1.62 bits per heavy atom. The molecule has 0 saturated heterocycles. The Morgan fingerprint density at radius 1 is 1.04 bits per heavy atom. The first-order valence-corrected chi connectivity index (χ1v) is 8.10. The molecule has 0 unspecified atom stereocenters. The smallest absolute Gasteiger partial charge is 0.282 e. The van der Waals surface area contributed by atoms with Crippen LogP contribution in [0.4, 0.5) is 17.6 Å². The third-order valence-corrected chi connectivity index (χ3v) is 3.87. The summed E-state index contributed by atoms with van der Waals surface area (Å²) in [4.78, 5) is 9.90. The molecule has 2 aromatic heterocycles. The Kier molecular flexibility index (Phi) is 4.20. The number of halogens is 4. The van der Waals surface area contributed by atoms with Gasteiger partial charge in [-0.1, -0.05) is 0 Å². The van der Waals surface area contributed by atoms with Gasteiger partial charge in [0, 0.05) is 5.56 Å². The van der Waals surface area contributed by atoms with Gasteiger partial charge in [0.25, 0.3) is 21.9 Å². The Morgan fingerprint density at radius 3 is 2.12 bits per heavy atom. The van der Waals surface area contributed by atoms with Gasteiger partial charge in [-0.15, -0.1) is 5.10 Å². The van der Waals surface area contributed by atoms with Crippen molar-refractivity contribution in [3.05, 3.63) is 48.3 Å². The highest BCUT2D eigenvalue weighted by atomic mass is 32.2. The van der Waals surface area contributed by atoms with E-state index in [0.29, 0.717) is 17.1 Å². The van der Waals surface area contributed by atoms with Gasteiger partial charge in [0.15, 0.2) is 5.82 Å². The van der Waals surface area contributed by atoms with E-state index in [2.05, 4.69) is 20.1 Å². The average molecular weight is 389 g/mol. The molecule has 1 N–H and O–H groups in total. The van der Waals surface area contributed by atoms with Crippen molar-refractivity contribution in [1.82, 2.24) is 24.7 Å². The Bertz CT molecular complexity index is 1050. The Labute approximate surface area is 142 Å². The molecule has 3 rings (SSSR count). The molecule has 1 aromatic carbocycles. The van der Waals surface area contributed by atoms with E-state index in [1.807, 2.05) is 0 Å². The molecule has 0 radical (unpaired) electrons. The van der Waals surface area contributed by atoms with Crippen LogP contribution in [0, 0.1) is 5.82 Å². The molecule has 0 aliphatic heterocycles. The predicted octanol–water partition coefficient (Wildman–Crippen LogP) is 2.13. The zero-order chi connectivity index (χ0) is 19.1. The molecule has 0 fully saturated rings. The molecular weight excluding hydrogens is 382 g/mol. The molecule has 3 aromatic rings. The van der Waals surface area contributed by atoms with Crippen molar-refractivity contribution < 1.29 is 30.5 Å². The molecule has 0 aliphatic rings. The minimum atomic E-state index is -4.87. The van der Waals surface area contributed by atoms with E-state index in [4.69, 9.17) is 4.55 Å². The van der Waals surface area contributed by atoms with Crippen LogP contribution in [0.25, 0.3) is 17.3 Å². The van der Waals surface area contributed by atoms with E-state index in [-0.39, 0.29) is 11.4 Å². The van der Waals surface area contributed by atoms with Crippen molar-refractivity contribution in [2.24, 2.45) is 0 Å². The number of nitrogens with zero attached hydrogens (tertiary/aromatic N) is 5. The molecule has 0 aliphatic carbocycles. The van der Waals surface area contributed by atoms with Crippen LogP contribution in [0.2, 0.25) is 0 Å². The molecule has 0 atom stereocenters. The summed E-state index contributed by atoms with van der Waals surface area (Å²) in [6.07, 6.45) is -3.48. The molecule has 8 nitrogen and oxygen atoms in total. The van der Waals surface area contributed by atoms with Crippen LogP contribution >= 0.6 is 0 Å². The van der Waals surface area contributed by atoms with Gasteiger partial charge in [-0.05, 0) is 24.3 Å². The van der Waals surface area contributed by atoms with E-state index in [9.17, 15) is 26.0 Å². The summed E-state index contributed by atoms with van der Waals surface area (Å²) >= 11 is 0. The highest BCUT2D eigenvalue weighted by Crippen LogP contribution is 2.29. The molecular formula is C13H7F4N5O3S. The van der Waals surface area contributed by atoms with Crippen molar-refractivity contribution in [3.8, 4) is 17.3 Å². The summed E-state index contributed by atoms with van der Waals surface area (Å²) in [6, 6.07) is 4.40. The zero-order valence-electron chi connectivity index (χ0n) is 12.4. The van der Waals surface area contributed by atoms with E-state index >= 15 is 0 Å². The standard InChI is InChI=1S/C13H7F4N5O3S/c14-8-3-1-7(2-4-8)10-20-11(13(15,16)17)21-22(10)12-18-5-9(6-19-12)26(23,24)25/h1-6H,(H,23,24,25). The highest BCUT2D eigenvalue weighted by Gasteiger charge is 2.37. The SMILES string of the molecule is O=S(=O)(O)c1cnc(-n2nc(C(F)(F)F)nc2-c2ccc(F)cc2)nc1. The number of hydrogen-bond donors (Lipinski definition) is 1. The Balaban J connectivity index is 2.16. The van der Waals surface area contributed by atoms with Crippen molar-refractivity contribution in [1.29, 1.82) is 0 Å². The summed E-state index contributed by atoms with van der Waals surface area (Å²) in [5.41, 5.74) is 0.0943. The molecule has 13 heteroatoms. The first-order valence-electron chi connectivity index (χ1n) is 6.66. The minimum absolute atomic E-state index is 0.0943. The lowest BCUT2D eigenvalue weighted by atomic mass is 10.2. The van der Waals surface area contributed by atoms with Gasteiger partial charge in [0.05, 0.1) is 12.4 Å². The molecule has 2 heterocycles. The second-order valence-corrected chi connectivity index (χ2v) is 6.29. The third kappa shape index (κ3) is 3.52. The van der Waals surface area contributed by atoms with Crippen LogP contribution in [-0.4, -0.2) is 37.7 Å². The van der Waals surface area contributed by atoms with Gasteiger partial charge in [0.1, 0.15) is 10.7 Å². The predicted molar refractivity (Wildman–Crippen MR) is 77.2 cm³/mol. The Hall–Kier alpha value is -2.93. The van der Waals surface area contributed by atoms with Gasteiger partial charge < -0.3 is 0 Å². The van der Waals surface area contributed by atoms with E-state index in [1.165, 1.54) is 12.1 Å². The number of aromatic nitrogens is 5. The van der Waals surface area contributed by atoms with Crippen LogP contribution in [0.15, 0.2) is 41.6 Å². The minimum Gasteiger partial charge on any atom is -0.282 e. The van der Waals surface area contributed by atoms with Crippen LogP contribution in [0.1, 0.15) is 5.82 Å². The summed E-state index contributed by atoms with van der Waals surface area (Å²) in [6.45, 7) is 0. The van der Waals surface area contributed by atoms with Crippen molar-refractivity contribution in [3.63, 3.8) is 0 Å². The van der Waals surface area contributed by atoms with Gasteiger partial charge in [0.2, 0.25) is 0 Å². The number of benzene rings is 1. The quantitative estimate of drug-likeness (QED) is 0.540. The molecule has 136 valence electrons. The summed E-state index contributed by atoms with van der Waals surface area (Å²) in [5.74, 6) is -2.86. The van der Waals surface area contributed by atoms with Crippen molar-refractivity contribution in [2.45, 2.75) is 11.1 Å². The maximum Gasteiger partial charge on any atom is 0.453 e. The lowest BCUT2D eigenvalue weighted by Gasteiger charge is -2.04. The molecule has 0 saturated carbocycles. The largest absolute Gasteiger partial charge is 0.453 e. The van der Waals surface area contributed by atoms with Crippen LogP contribution in [-0.2, 0) is 16.3 Å². The van der Waals surface area contributed by atoms with Gasteiger partial charge in [-0.3, -0.25) is 4.55 Å². The fraction of sp³-hybridized carbons (Fsp3) is 0.0769. The van der Waals surface area contributed by atoms with E-state index in [1.54, 1.807) is 0 Å². The lowest BCUT2D eigenvalue weighted by Crippen LogP contribution is -2.10. The normalized spacial score (nSPS) is 12.3. The number of hydrogen-bond acceptors (Lipinski definition) is 6. The fourth-order valence-corrected chi connectivity index (χ4v) is 2.28. The van der Waals surface area contributed by atoms with Crippen LogP contribution in [0.5, 0.6) is 0 Å². The van der Waals surface area contributed by atoms with E-state index in [0.717, 1.165) is 12.1 Å². The average Bonchev–Trinajstić information content (AvgIpc) is 3.00. The second kappa shape index (κ2) is 6.10. The molecule has 0 spiro atoms. The van der Waals surface area contributed by atoms with Crippen LogP contribution < -0.4 is 0 Å². The maximum atomic E-state index is 13.0. The van der Waals surface area contributed by atoms with Crippen molar-refractivity contribution in [2.75, 3.05) is 0 Å². The van der Waals surface area contributed by atoms with Crippen molar-refractivity contribution >= 4 is 10.1 Å². The first-order chi connectivity index (χ1) is 12.1. The van der Waals surface area contributed by atoms with Gasteiger partial charge in [-0.25, -0.2) is 19.3 Å². The monoisotopic (exact) mass is 389 g/mol. The zero-order valence-corrected chi connectivity index (χ0v) is 13.2. The highest BCUT2D eigenvalue weighted by molar-refractivity contribution is 7.85. The molecule has 26 heavy (non-hydrogen) atoms. The maximum absolute atomic E-state index is 13.0. The lowest BCUT2D eigenvalue weighted by molar-refractivity contribution is -0.144. The van der Waals surface area contributed by atoms with Gasteiger partial charge in [-0.2, -0.15) is 26.3 Å². The topological polar surface area (TPSA) is 111 Å². The van der Waals surface area contributed by atoms with Gasteiger partial charge >= 0.3 is 6.18 Å². The third-order valence-electron chi connectivity index (χ3n) is 3.06. The van der Waals surface area contributed by atoms with E-state index < -0.39 is 38.8 Å². The first kappa shape index (κ1) is 17.9. The number of rotatable bonds is 3. The van der Waals surface area contributed by atoms with Crippen LogP contribution in [0.3, 0.4) is 0 Å². The molecule has 0 amide bonds. The summed E-state index contributed by atoms with van der Waals surface area (Å²) in [7, 11) is -4.58.